The third-order valence-electron chi connectivity index (χ3n) is 3.73. The Kier molecular flexibility index (Phi) is 8.02. The lowest BCUT2D eigenvalue weighted by atomic mass is 10.1. The maximum absolute atomic E-state index is 11.7. The van der Waals surface area contributed by atoms with Gasteiger partial charge in [-0.2, -0.15) is 0 Å². The highest BCUT2D eigenvalue weighted by Crippen LogP contribution is 2.13. The molecule has 10 nitrogen and oxygen atoms in total. The van der Waals surface area contributed by atoms with Gasteiger partial charge in [0.1, 0.15) is 0 Å². The van der Waals surface area contributed by atoms with Crippen LogP contribution in [0.5, 0.6) is 0 Å². The van der Waals surface area contributed by atoms with Crippen LogP contribution in [0.2, 0.25) is 0 Å². The van der Waals surface area contributed by atoms with E-state index in [4.69, 9.17) is 9.47 Å². The van der Waals surface area contributed by atoms with Crippen LogP contribution in [0, 0.1) is 32.1 Å². The zero-order valence-corrected chi connectivity index (χ0v) is 15.6. The monoisotopic (exact) mass is 412 g/mol. The molecular formula is C20H16N2O8. The minimum atomic E-state index is -0.548. The van der Waals surface area contributed by atoms with Gasteiger partial charge in [-0.3, -0.25) is 29.8 Å². The van der Waals surface area contributed by atoms with Crippen LogP contribution < -0.4 is 0 Å². The van der Waals surface area contributed by atoms with Crippen molar-refractivity contribution in [1.82, 2.24) is 0 Å². The van der Waals surface area contributed by atoms with E-state index in [0.29, 0.717) is 11.1 Å². The third kappa shape index (κ3) is 7.40. The van der Waals surface area contributed by atoms with Gasteiger partial charge in [0.25, 0.3) is 11.4 Å². The summed E-state index contributed by atoms with van der Waals surface area (Å²) in [5.41, 5.74) is 1.000. The number of nitro groups is 2. The maximum Gasteiger partial charge on any atom is 0.311 e. The summed E-state index contributed by atoms with van der Waals surface area (Å²) in [7, 11) is 0. The first-order valence-corrected chi connectivity index (χ1v) is 8.59. The first-order valence-electron chi connectivity index (χ1n) is 8.59. The standard InChI is InChI=1S/C20H16N2O8/c23-19(13-15-3-7-17(8-4-15)21(25)26)29-11-1-2-12-30-20(24)14-16-5-9-18(10-6-16)22(27)28/h3-10H,11-14H2. The molecule has 0 amide bonds. The summed E-state index contributed by atoms with van der Waals surface area (Å²) in [5, 5.41) is 21.2. The lowest BCUT2D eigenvalue weighted by Crippen LogP contribution is -2.09. The Morgan fingerprint density at radius 2 is 1.03 bits per heavy atom. The average molecular weight is 412 g/mol. The van der Waals surface area contributed by atoms with Crippen LogP contribution in [-0.2, 0) is 31.9 Å². The molecule has 0 aliphatic carbocycles. The Morgan fingerprint density at radius 1 is 0.700 bits per heavy atom. The molecule has 0 unspecified atom stereocenters. The highest BCUT2D eigenvalue weighted by molar-refractivity contribution is 5.73. The van der Waals surface area contributed by atoms with E-state index in [2.05, 4.69) is 11.8 Å². The van der Waals surface area contributed by atoms with Crippen LogP contribution in [0.1, 0.15) is 11.1 Å². The predicted molar refractivity (Wildman–Crippen MR) is 103 cm³/mol. The number of rotatable bonds is 8. The fourth-order valence-corrected chi connectivity index (χ4v) is 2.24. The van der Waals surface area contributed by atoms with Gasteiger partial charge in [-0.15, -0.1) is 0 Å². The third-order valence-corrected chi connectivity index (χ3v) is 3.73. The molecule has 0 spiro atoms. The summed E-state index contributed by atoms with van der Waals surface area (Å²) in [6.45, 7) is -0.378. The van der Waals surface area contributed by atoms with Gasteiger partial charge in [-0.05, 0) is 11.1 Å². The Balaban J connectivity index is 1.65. The van der Waals surface area contributed by atoms with E-state index >= 15 is 0 Å². The van der Waals surface area contributed by atoms with E-state index < -0.39 is 21.8 Å². The number of non-ortho nitro benzene ring substituents is 2. The number of benzene rings is 2. The Morgan fingerprint density at radius 3 is 1.33 bits per heavy atom. The highest BCUT2D eigenvalue weighted by atomic mass is 16.6. The first kappa shape index (κ1) is 22.0. The van der Waals surface area contributed by atoms with Crippen molar-refractivity contribution < 1.29 is 28.9 Å². The fourth-order valence-electron chi connectivity index (χ4n) is 2.24. The van der Waals surface area contributed by atoms with E-state index in [1.807, 2.05) is 0 Å². The summed E-state index contributed by atoms with van der Waals surface area (Å²) >= 11 is 0. The molecule has 0 aliphatic rings. The van der Waals surface area contributed by atoms with Crippen LogP contribution in [0.3, 0.4) is 0 Å². The predicted octanol–water partition coefficient (Wildman–Crippen LogP) is 2.38. The molecule has 0 saturated carbocycles. The van der Waals surface area contributed by atoms with Crippen molar-refractivity contribution in [3.05, 3.63) is 79.9 Å². The van der Waals surface area contributed by atoms with Crippen LogP contribution in [0.15, 0.2) is 48.5 Å². The molecular weight excluding hydrogens is 396 g/mol. The smallest absolute Gasteiger partial charge is 0.311 e. The minimum Gasteiger partial charge on any atom is -0.452 e. The van der Waals surface area contributed by atoms with Gasteiger partial charge in [0.05, 0.1) is 22.7 Å². The normalized spacial score (nSPS) is 9.73. The number of carbonyl (C=O) groups excluding carboxylic acids is 2. The van der Waals surface area contributed by atoms with Crippen molar-refractivity contribution in [3.8, 4) is 11.8 Å². The molecule has 2 aromatic rings. The van der Waals surface area contributed by atoms with Crippen molar-refractivity contribution in [1.29, 1.82) is 0 Å². The van der Waals surface area contributed by atoms with Crippen molar-refractivity contribution >= 4 is 23.3 Å². The zero-order chi connectivity index (χ0) is 21.9. The molecule has 0 radical (unpaired) electrons. The van der Waals surface area contributed by atoms with Crippen LogP contribution in [0.4, 0.5) is 11.4 Å². The lowest BCUT2D eigenvalue weighted by Gasteiger charge is -2.02. The molecule has 0 saturated heterocycles. The highest BCUT2D eigenvalue weighted by Gasteiger charge is 2.09. The van der Waals surface area contributed by atoms with E-state index in [1.54, 1.807) is 0 Å². The second-order valence-corrected chi connectivity index (χ2v) is 5.88. The van der Waals surface area contributed by atoms with Crippen LogP contribution in [0.25, 0.3) is 0 Å². The molecule has 10 heteroatoms. The van der Waals surface area contributed by atoms with Gasteiger partial charge in [-0.25, -0.2) is 0 Å². The van der Waals surface area contributed by atoms with Crippen molar-refractivity contribution in [3.63, 3.8) is 0 Å². The van der Waals surface area contributed by atoms with Crippen LogP contribution >= 0.6 is 0 Å². The number of nitro benzene ring substituents is 2. The minimum absolute atomic E-state index is 0.0517. The van der Waals surface area contributed by atoms with Crippen molar-refractivity contribution in [2.45, 2.75) is 12.8 Å². The van der Waals surface area contributed by atoms with Gasteiger partial charge in [-0.1, -0.05) is 36.1 Å². The van der Waals surface area contributed by atoms with E-state index in [9.17, 15) is 29.8 Å². The maximum atomic E-state index is 11.7. The van der Waals surface area contributed by atoms with Gasteiger partial charge < -0.3 is 9.47 Å². The van der Waals surface area contributed by atoms with Crippen molar-refractivity contribution in [2.75, 3.05) is 13.2 Å². The summed E-state index contributed by atoms with van der Waals surface area (Å²) in [5.74, 6) is 3.97. The topological polar surface area (TPSA) is 139 Å². The van der Waals surface area contributed by atoms with Gasteiger partial charge in [0.15, 0.2) is 13.2 Å². The molecule has 0 aliphatic heterocycles. The fraction of sp³-hybridized carbons (Fsp3) is 0.200. The summed E-state index contributed by atoms with van der Waals surface area (Å²) in [6, 6.07) is 11.1. The number of hydrogen-bond donors (Lipinski definition) is 0. The number of carbonyl (C=O) groups is 2. The Hall–Kier alpha value is -4.26. The van der Waals surface area contributed by atoms with Crippen molar-refractivity contribution in [2.24, 2.45) is 0 Å². The number of hydrogen-bond acceptors (Lipinski definition) is 8. The average Bonchev–Trinajstić information content (AvgIpc) is 2.71. The van der Waals surface area contributed by atoms with Crippen LogP contribution in [-0.4, -0.2) is 35.0 Å². The molecule has 0 fully saturated rings. The van der Waals surface area contributed by atoms with Gasteiger partial charge in [0, 0.05) is 24.3 Å². The van der Waals surface area contributed by atoms with E-state index in [0.717, 1.165) is 0 Å². The molecule has 0 N–H and O–H groups in total. The number of esters is 2. The molecule has 2 rings (SSSR count). The number of ether oxygens (including phenoxy) is 2. The molecule has 0 aromatic heterocycles. The van der Waals surface area contributed by atoms with E-state index in [1.165, 1.54) is 48.5 Å². The summed E-state index contributed by atoms with van der Waals surface area (Å²) in [4.78, 5) is 43.5. The molecule has 0 heterocycles. The van der Waals surface area contributed by atoms with Gasteiger partial charge >= 0.3 is 11.9 Å². The molecule has 0 bridgehead atoms. The second-order valence-electron chi connectivity index (χ2n) is 5.88. The summed E-state index contributed by atoms with van der Waals surface area (Å²) < 4.78 is 9.83. The molecule has 2 aromatic carbocycles. The van der Waals surface area contributed by atoms with Gasteiger partial charge in [0.2, 0.25) is 0 Å². The molecule has 154 valence electrons. The second kappa shape index (κ2) is 10.9. The lowest BCUT2D eigenvalue weighted by molar-refractivity contribution is -0.385. The zero-order valence-electron chi connectivity index (χ0n) is 15.6. The molecule has 0 atom stereocenters. The quantitative estimate of drug-likeness (QED) is 0.279. The number of nitrogens with zero attached hydrogens (tertiary/aromatic N) is 2. The summed E-state index contributed by atoms with van der Waals surface area (Å²) in [6.07, 6.45) is -0.103. The molecule has 30 heavy (non-hydrogen) atoms. The van der Waals surface area contributed by atoms with E-state index in [-0.39, 0.29) is 37.4 Å². The Labute approximate surface area is 170 Å². The Bertz CT molecular complexity index is 909. The largest absolute Gasteiger partial charge is 0.452 e. The first-order chi connectivity index (χ1) is 14.3. The SMILES string of the molecule is O=C(Cc1ccc([N+](=O)[O-])cc1)OCC#CCOC(=O)Cc1ccc([N+](=O)[O-])cc1.